The smallest absolute Gasteiger partial charge is 0.274 e. The van der Waals surface area contributed by atoms with Gasteiger partial charge in [-0.3, -0.25) is 4.79 Å². The maximum absolute atomic E-state index is 13.5. The molecule has 0 saturated heterocycles. The SMILES string of the molecule is CC(C)CNc1cc(C(=O)Nc2ccccc2F)ncn1. The van der Waals surface area contributed by atoms with Crippen molar-refractivity contribution in [2.75, 3.05) is 17.2 Å². The lowest BCUT2D eigenvalue weighted by Gasteiger charge is -2.09. The first-order valence-corrected chi connectivity index (χ1v) is 6.68. The lowest BCUT2D eigenvalue weighted by molar-refractivity contribution is 0.102. The van der Waals surface area contributed by atoms with E-state index < -0.39 is 11.7 Å². The van der Waals surface area contributed by atoms with Crippen molar-refractivity contribution in [2.45, 2.75) is 13.8 Å². The largest absolute Gasteiger partial charge is 0.370 e. The predicted molar refractivity (Wildman–Crippen MR) is 79.7 cm³/mol. The third-order valence-corrected chi connectivity index (χ3v) is 2.71. The Kier molecular flexibility index (Phi) is 4.81. The zero-order chi connectivity index (χ0) is 15.2. The highest BCUT2D eigenvalue weighted by molar-refractivity contribution is 6.03. The van der Waals surface area contributed by atoms with E-state index in [1.807, 2.05) is 0 Å². The van der Waals surface area contributed by atoms with Crippen molar-refractivity contribution in [1.29, 1.82) is 0 Å². The molecule has 0 radical (unpaired) electrons. The molecule has 0 unspecified atom stereocenters. The molecule has 2 aromatic rings. The van der Waals surface area contributed by atoms with Gasteiger partial charge in [-0.2, -0.15) is 0 Å². The molecule has 0 bridgehead atoms. The van der Waals surface area contributed by atoms with Crippen molar-refractivity contribution < 1.29 is 9.18 Å². The third kappa shape index (κ3) is 4.24. The maximum Gasteiger partial charge on any atom is 0.274 e. The maximum atomic E-state index is 13.5. The van der Waals surface area contributed by atoms with Gasteiger partial charge < -0.3 is 10.6 Å². The molecule has 2 N–H and O–H groups in total. The molecular formula is C15H17FN4O. The molecule has 2 rings (SSSR count). The van der Waals surface area contributed by atoms with Gasteiger partial charge in [0.15, 0.2) is 0 Å². The summed E-state index contributed by atoms with van der Waals surface area (Å²) in [7, 11) is 0. The Hall–Kier alpha value is -2.50. The fraction of sp³-hybridized carbons (Fsp3) is 0.267. The van der Waals surface area contributed by atoms with Crippen LogP contribution in [-0.4, -0.2) is 22.4 Å². The van der Waals surface area contributed by atoms with Crippen LogP contribution in [0.3, 0.4) is 0 Å². The van der Waals surface area contributed by atoms with E-state index >= 15 is 0 Å². The second kappa shape index (κ2) is 6.78. The molecule has 6 heteroatoms. The Labute approximate surface area is 122 Å². The van der Waals surface area contributed by atoms with Crippen LogP contribution in [0.1, 0.15) is 24.3 Å². The standard InChI is InChI=1S/C15H17FN4O/c1-10(2)8-17-14-7-13(18-9-19-14)15(21)20-12-6-4-3-5-11(12)16/h3-7,9-10H,8H2,1-2H3,(H,20,21)(H,17,18,19). The third-order valence-electron chi connectivity index (χ3n) is 2.71. The van der Waals surface area contributed by atoms with Crippen LogP contribution < -0.4 is 10.6 Å². The van der Waals surface area contributed by atoms with Crippen molar-refractivity contribution in [3.63, 3.8) is 0 Å². The number of rotatable bonds is 5. The molecule has 0 saturated carbocycles. The fourth-order valence-corrected chi connectivity index (χ4v) is 1.64. The molecule has 1 heterocycles. The average Bonchev–Trinajstić information content (AvgIpc) is 2.48. The summed E-state index contributed by atoms with van der Waals surface area (Å²) in [5, 5.41) is 5.60. The molecule has 0 atom stereocenters. The molecule has 5 nitrogen and oxygen atoms in total. The number of halogens is 1. The van der Waals surface area contributed by atoms with E-state index in [1.54, 1.807) is 18.2 Å². The van der Waals surface area contributed by atoms with E-state index in [4.69, 9.17) is 0 Å². The van der Waals surface area contributed by atoms with Crippen LogP contribution in [0, 0.1) is 11.7 Å². The second-order valence-corrected chi connectivity index (χ2v) is 5.00. The van der Waals surface area contributed by atoms with Gasteiger partial charge in [0.25, 0.3) is 5.91 Å². The van der Waals surface area contributed by atoms with Crippen LogP contribution in [0.15, 0.2) is 36.7 Å². The first-order valence-electron chi connectivity index (χ1n) is 6.68. The molecule has 0 aliphatic heterocycles. The van der Waals surface area contributed by atoms with E-state index in [2.05, 4.69) is 34.4 Å². The van der Waals surface area contributed by atoms with Gasteiger partial charge in [0.05, 0.1) is 5.69 Å². The first kappa shape index (κ1) is 14.9. The van der Waals surface area contributed by atoms with Crippen LogP contribution in [0.4, 0.5) is 15.9 Å². The summed E-state index contributed by atoms with van der Waals surface area (Å²) in [6.07, 6.45) is 1.30. The summed E-state index contributed by atoms with van der Waals surface area (Å²) >= 11 is 0. The summed E-state index contributed by atoms with van der Waals surface area (Å²) in [6.45, 7) is 4.88. The molecule has 1 aromatic heterocycles. The van der Waals surface area contributed by atoms with E-state index in [0.717, 1.165) is 6.54 Å². The second-order valence-electron chi connectivity index (χ2n) is 5.00. The fourth-order valence-electron chi connectivity index (χ4n) is 1.64. The Morgan fingerprint density at radius 2 is 2.05 bits per heavy atom. The zero-order valence-electron chi connectivity index (χ0n) is 11.9. The molecule has 0 aliphatic rings. The van der Waals surface area contributed by atoms with Crippen molar-refractivity contribution >= 4 is 17.4 Å². The zero-order valence-corrected chi connectivity index (χ0v) is 11.9. The number of nitrogens with one attached hydrogen (secondary N) is 2. The van der Waals surface area contributed by atoms with E-state index in [1.165, 1.54) is 18.5 Å². The Morgan fingerprint density at radius 3 is 2.76 bits per heavy atom. The van der Waals surface area contributed by atoms with Crippen LogP contribution in [0.5, 0.6) is 0 Å². The van der Waals surface area contributed by atoms with Crippen LogP contribution in [0.25, 0.3) is 0 Å². The normalized spacial score (nSPS) is 10.5. The van der Waals surface area contributed by atoms with Gasteiger partial charge in [0, 0.05) is 12.6 Å². The minimum Gasteiger partial charge on any atom is -0.370 e. The van der Waals surface area contributed by atoms with E-state index in [0.29, 0.717) is 11.7 Å². The van der Waals surface area contributed by atoms with Gasteiger partial charge in [-0.25, -0.2) is 14.4 Å². The summed E-state index contributed by atoms with van der Waals surface area (Å²) in [5.74, 6) is 0.0567. The summed E-state index contributed by atoms with van der Waals surface area (Å²) in [4.78, 5) is 20.0. The van der Waals surface area contributed by atoms with Gasteiger partial charge in [-0.05, 0) is 18.1 Å². The van der Waals surface area contributed by atoms with Gasteiger partial charge in [0.1, 0.15) is 23.7 Å². The predicted octanol–water partition coefficient (Wildman–Crippen LogP) is 2.94. The molecular weight excluding hydrogens is 271 g/mol. The van der Waals surface area contributed by atoms with Crippen LogP contribution in [-0.2, 0) is 0 Å². The monoisotopic (exact) mass is 288 g/mol. The Balaban J connectivity index is 2.09. The minimum absolute atomic E-state index is 0.123. The lowest BCUT2D eigenvalue weighted by atomic mass is 10.2. The molecule has 110 valence electrons. The molecule has 21 heavy (non-hydrogen) atoms. The van der Waals surface area contributed by atoms with Gasteiger partial charge >= 0.3 is 0 Å². The van der Waals surface area contributed by atoms with E-state index in [-0.39, 0.29) is 11.4 Å². The number of benzene rings is 1. The van der Waals surface area contributed by atoms with Gasteiger partial charge in [-0.1, -0.05) is 26.0 Å². The number of amides is 1. The highest BCUT2D eigenvalue weighted by atomic mass is 19.1. The minimum atomic E-state index is -0.488. The van der Waals surface area contributed by atoms with Crippen molar-refractivity contribution in [3.05, 3.63) is 48.2 Å². The van der Waals surface area contributed by atoms with E-state index in [9.17, 15) is 9.18 Å². The number of hydrogen-bond acceptors (Lipinski definition) is 4. The molecule has 0 aliphatic carbocycles. The number of aromatic nitrogens is 2. The quantitative estimate of drug-likeness (QED) is 0.887. The van der Waals surface area contributed by atoms with Gasteiger partial charge in [0.2, 0.25) is 0 Å². The number of anilines is 2. The highest BCUT2D eigenvalue weighted by Gasteiger charge is 2.11. The van der Waals surface area contributed by atoms with Crippen molar-refractivity contribution in [2.24, 2.45) is 5.92 Å². The number of hydrogen-bond donors (Lipinski definition) is 2. The van der Waals surface area contributed by atoms with Crippen molar-refractivity contribution in [1.82, 2.24) is 9.97 Å². The highest BCUT2D eigenvalue weighted by Crippen LogP contribution is 2.14. The molecule has 0 fully saturated rings. The average molecular weight is 288 g/mol. The Bertz CT molecular complexity index is 631. The number of para-hydroxylation sites is 1. The summed E-state index contributed by atoms with van der Waals surface area (Å²) < 4.78 is 13.5. The molecule has 0 spiro atoms. The number of carbonyl (C=O) groups excluding carboxylic acids is 1. The molecule has 1 amide bonds. The number of nitrogens with zero attached hydrogens (tertiary/aromatic N) is 2. The molecule has 1 aromatic carbocycles. The van der Waals surface area contributed by atoms with Gasteiger partial charge in [-0.15, -0.1) is 0 Å². The lowest BCUT2D eigenvalue weighted by Crippen LogP contribution is -2.16. The van der Waals surface area contributed by atoms with Crippen LogP contribution in [0.2, 0.25) is 0 Å². The Morgan fingerprint density at radius 1 is 1.29 bits per heavy atom. The summed E-state index contributed by atoms with van der Waals surface area (Å²) in [6, 6.07) is 7.52. The summed E-state index contributed by atoms with van der Waals surface area (Å²) in [5.41, 5.74) is 0.303. The van der Waals surface area contributed by atoms with Crippen molar-refractivity contribution in [3.8, 4) is 0 Å². The number of carbonyl (C=O) groups is 1. The topological polar surface area (TPSA) is 66.9 Å². The first-order chi connectivity index (χ1) is 10.1. The van der Waals surface area contributed by atoms with Crippen LogP contribution >= 0.6 is 0 Å².